The van der Waals surface area contributed by atoms with Crippen LogP contribution in [-0.2, 0) is 14.3 Å². The molecule has 0 aliphatic carbocycles. The summed E-state index contributed by atoms with van der Waals surface area (Å²) in [6.07, 6.45) is 5.35. The number of allylic oxidation sites excluding steroid dienone is 1. The van der Waals surface area contributed by atoms with Gasteiger partial charge in [0.25, 0.3) is 0 Å². The third-order valence-corrected chi connectivity index (χ3v) is 6.37. The van der Waals surface area contributed by atoms with Gasteiger partial charge in [-0.1, -0.05) is 6.08 Å². The number of rotatable bonds is 9. The van der Waals surface area contributed by atoms with Gasteiger partial charge in [0.15, 0.2) is 0 Å². The summed E-state index contributed by atoms with van der Waals surface area (Å²) in [5.74, 6) is -0.369. The van der Waals surface area contributed by atoms with Gasteiger partial charge >= 0.3 is 6.09 Å². The maximum atomic E-state index is 14.9. The van der Waals surface area contributed by atoms with Gasteiger partial charge in [0.05, 0.1) is 24.5 Å². The Bertz CT molecular complexity index is 912. The number of nitrogens with zero attached hydrogens (tertiary/aromatic N) is 2. The van der Waals surface area contributed by atoms with Crippen molar-refractivity contribution < 1.29 is 23.5 Å². The second kappa shape index (κ2) is 11.2. The van der Waals surface area contributed by atoms with E-state index >= 15 is 0 Å². The highest BCUT2D eigenvalue weighted by Gasteiger charge is 2.33. The normalized spacial score (nSPS) is 19.5. The molecule has 2 heterocycles. The first-order valence-electron chi connectivity index (χ1n) is 11.5. The molecule has 2 aliphatic heterocycles. The highest BCUT2D eigenvalue weighted by Crippen LogP contribution is 2.31. The van der Waals surface area contributed by atoms with Gasteiger partial charge in [0.2, 0.25) is 11.8 Å². The Morgan fingerprint density at radius 3 is 2.64 bits per heavy atom. The molecule has 2 saturated heterocycles. The number of hydrogen-bond donors (Lipinski definition) is 2. The van der Waals surface area contributed by atoms with Gasteiger partial charge in [0, 0.05) is 25.6 Å². The summed E-state index contributed by atoms with van der Waals surface area (Å²) >= 11 is 0. The van der Waals surface area contributed by atoms with E-state index < -0.39 is 12.2 Å². The topological polar surface area (TPSA) is 105 Å². The van der Waals surface area contributed by atoms with Gasteiger partial charge < -0.3 is 20.7 Å². The molecule has 33 heavy (non-hydrogen) atoms. The van der Waals surface area contributed by atoms with Crippen molar-refractivity contribution in [1.29, 1.82) is 0 Å². The second-order valence-electron chi connectivity index (χ2n) is 8.69. The van der Waals surface area contributed by atoms with E-state index in [9.17, 15) is 18.8 Å². The summed E-state index contributed by atoms with van der Waals surface area (Å²) in [6.45, 7) is 5.24. The minimum Gasteiger partial charge on any atom is -0.442 e. The van der Waals surface area contributed by atoms with Crippen molar-refractivity contribution in [2.45, 2.75) is 52.1 Å². The predicted octanol–water partition coefficient (Wildman–Crippen LogP) is 3.11. The third kappa shape index (κ3) is 6.46. The number of primary amides is 1. The van der Waals surface area contributed by atoms with E-state index in [-0.39, 0.29) is 30.7 Å². The molecule has 1 aromatic rings. The molecule has 180 valence electrons. The third-order valence-electron chi connectivity index (χ3n) is 6.37. The molecule has 2 aliphatic rings. The number of hydrogen-bond acceptors (Lipinski definition) is 5. The largest absolute Gasteiger partial charge is 0.442 e. The van der Waals surface area contributed by atoms with Crippen molar-refractivity contribution >= 4 is 29.3 Å². The Labute approximate surface area is 193 Å². The highest BCUT2D eigenvalue weighted by atomic mass is 19.1. The van der Waals surface area contributed by atoms with Gasteiger partial charge in [-0.05, 0) is 63.1 Å². The second-order valence-corrected chi connectivity index (χ2v) is 8.69. The van der Waals surface area contributed by atoms with Crippen LogP contribution in [0.15, 0.2) is 29.8 Å². The minimum atomic E-state index is -0.546. The summed E-state index contributed by atoms with van der Waals surface area (Å²) < 4.78 is 20.2. The van der Waals surface area contributed by atoms with Gasteiger partial charge in [-0.15, -0.1) is 0 Å². The zero-order chi connectivity index (χ0) is 24.0. The maximum Gasteiger partial charge on any atom is 0.414 e. The molecule has 9 heteroatoms. The molecule has 3 rings (SSSR count). The van der Waals surface area contributed by atoms with Crippen LogP contribution in [0.2, 0.25) is 0 Å². The molecule has 3 amide bonds. The Morgan fingerprint density at radius 1 is 1.30 bits per heavy atom. The lowest BCUT2D eigenvalue weighted by Crippen LogP contribution is -2.34. The average Bonchev–Trinajstić information content (AvgIpc) is 3.16. The molecule has 0 radical (unpaired) electrons. The van der Waals surface area contributed by atoms with Crippen LogP contribution < -0.4 is 20.9 Å². The average molecular weight is 461 g/mol. The lowest BCUT2D eigenvalue weighted by molar-refractivity contribution is -0.119. The number of cyclic esters (lactones) is 1. The quantitative estimate of drug-likeness (QED) is 0.551. The molecular weight excluding hydrogens is 427 g/mol. The van der Waals surface area contributed by atoms with Gasteiger partial charge in [-0.2, -0.15) is 0 Å². The summed E-state index contributed by atoms with van der Waals surface area (Å²) in [6, 6.07) is 4.81. The van der Waals surface area contributed by atoms with Crippen LogP contribution in [0.1, 0.15) is 46.0 Å². The Hall–Kier alpha value is -3.10. The smallest absolute Gasteiger partial charge is 0.414 e. The molecule has 0 unspecified atom stereocenters. The lowest BCUT2D eigenvalue weighted by atomic mass is 9.90. The Balaban J connectivity index is 1.51. The first kappa shape index (κ1) is 24.5. The van der Waals surface area contributed by atoms with Gasteiger partial charge in [0.1, 0.15) is 11.9 Å². The molecule has 3 N–H and O–H groups in total. The van der Waals surface area contributed by atoms with Crippen molar-refractivity contribution in [1.82, 2.24) is 5.32 Å². The van der Waals surface area contributed by atoms with E-state index in [2.05, 4.69) is 5.32 Å². The van der Waals surface area contributed by atoms with Crippen LogP contribution in [-0.4, -0.2) is 50.2 Å². The standard InChI is InChI=1S/C24H33FN4O4/c1-3-18(23(26)31)6-4-5-17-9-11-28(12-10-17)22-8-7-19(13-21(22)25)29-15-20(33-24(29)32)14-27-16(2)30/h3,7-8,13,17,20H,4-6,9-12,14-15H2,1-2H3,(H2,26,31)(H,27,30)/b18-3+/t20-/m0/s1. The fraction of sp³-hybridized carbons (Fsp3) is 0.542. The van der Waals surface area contributed by atoms with E-state index in [4.69, 9.17) is 10.5 Å². The zero-order valence-corrected chi connectivity index (χ0v) is 19.3. The SMILES string of the molecule is C/C=C(\CCCC1CCN(c2ccc(N3C[C@H](CNC(C)=O)OC3=O)cc2F)CC1)C(N)=O. The van der Waals surface area contributed by atoms with Crippen molar-refractivity contribution in [3.8, 4) is 0 Å². The van der Waals surface area contributed by atoms with Crippen molar-refractivity contribution in [2.75, 3.05) is 36.0 Å². The molecule has 0 bridgehead atoms. The number of nitrogens with one attached hydrogen (secondary N) is 1. The van der Waals surface area contributed by atoms with E-state index in [1.807, 2.05) is 11.8 Å². The monoisotopic (exact) mass is 460 g/mol. The van der Waals surface area contributed by atoms with E-state index in [0.29, 0.717) is 29.3 Å². The first-order valence-corrected chi connectivity index (χ1v) is 11.5. The zero-order valence-electron chi connectivity index (χ0n) is 19.3. The number of anilines is 2. The van der Waals surface area contributed by atoms with Crippen LogP contribution in [0.3, 0.4) is 0 Å². The van der Waals surface area contributed by atoms with Crippen molar-refractivity contribution in [3.63, 3.8) is 0 Å². The van der Waals surface area contributed by atoms with Gasteiger partial charge in [-0.3, -0.25) is 14.5 Å². The first-order chi connectivity index (χ1) is 15.8. The van der Waals surface area contributed by atoms with E-state index in [1.165, 1.54) is 17.9 Å². The van der Waals surface area contributed by atoms with Crippen LogP contribution in [0.25, 0.3) is 0 Å². The molecule has 8 nitrogen and oxygen atoms in total. The lowest BCUT2D eigenvalue weighted by Gasteiger charge is -2.34. The van der Waals surface area contributed by atoms with Crippen molar-refractivity contribution in [2.24, 2.45) is 11.7 Å². The molecule has 1 aromatic carbocycles. The summed E-state index contributed by atoms with van der Waals surface area (Å²) in [7, 11) is 0. The molecule has 0 saturated carbocycles. The van der Waals surface area contributed by atoms with Crippen LogP contribution >= 0.6 is 0 Å². The molecule has 1 atom stereocenters. The molecule has 0 spiro atoms. The van der Waals surface area contributed by atoms with E-state index in [1.54, 1.807) is 18.2 Å². The van der Waals surface area contributed by atoms with Gasteiger partial charge in [-0.25, -0.2) is 9.18 Å². The Morgan fingerprint density at radius 2 is 2.03 bits per heavy atom. The molecule has 0 aromatic heterocycles. The van der Waals surface area contributed by atoms with Crippen LogP contribution in [0.4, 0.5) is 20.6 Å². The van der Waals surface area contributed by atoms with Crippen molar-refractivity contribution in [3.05, 3.63) is 35.7 Å². The van der Waals surface area contributed by atoms with Crippen LogP contribution in [0, 0.1) is 11.7 Å². The summed E-state index contributed by atoms with van der Waals surface area (Å²) in [5.41, 5.74) is 7.01. The highest BCUT2D eigenvalue weighted by molar-refractivity contribution is 5.91. The number of ether oxygens (including phenoxy) is 1. The number of carbonyl (C=O) groups is 3. The number of amides is 3. The number of halogens is 1. The fourth-order valence-corrected chi connectivity index (χ4v) is 4.47. The number of carbonyl (C=O) groups excluding carboxylic acids is 3. The predicted molar refractivity (Wildman–Crippen MR) is 124 cm³/mol. The summed E-state index contributed by atoms with van der Waals surface area (Å²) in [4.78, 5) is 38.0. The van der Waals surface area contributed by atoms with Crippen LogP contribution in [0.5, 0.6) is 0 Å². The maximum absolute atomic E-state index is 14.9. The number of nitrogens with two attached hydrogens (primary N) is 1. The number of benzene rings is 1. The Kier molecular flexibility index (Phi) is 8.30. The summed E-state index contributed by atoms with van der Waals surface area (Å²) in [5, 5.41) is 2.63. The fourth-order valence-electron chi connectivity index (χ4n) is 4.47. The molecular formula is C24H33FN4O4. The molecule has 2 fully saturated rings. The minimum absolute atomic E-state index is 0.197. The number of piperidine rings is 1. The van der Waals surface area contributed by atoms with E-state index in [0.717, 1.165) is 38.8 Å².